The van der Waals surface area contributed by atoms with Gasteiger partial charge in [0, 0.05) is 38.8 Å². The highest BCUT2D eigenvalue weighted by molar-refractivity contribution is 5.51. The third-order valence-corrected chi connectivity index (χ3v) is 3.13. The van der Waals surface area contributed by atoms with Gasteiger partial charge in [0.1, 0.15) is 18.0 Å². The van der Waals surface area contributed by atoms with Gasteiger partial charge in [-0.2, -0.15) is 0 Å². The van der Waals surface area contributed by atoms with E-state index in [2.05, 4.69) is 20.2 Å². The Morgan fingerprint density at radius 3 is 2.79 bits per heavy atom. The molecule has 19 heavy (non-hydrogen) atoms. The van der Waals surface area contributed by atoms with Crippen LogP contribution in [0, 0.1) is 0 Å². The summed E-state index contributed by atoms with van der Waals surface area (Å²) in [5.41, 5.74) is 5.45. The highest BCUT2D eigenvalue weighted by Crippen LogP contribution is 2.15. The minimum atomic E-state index is 0.665. The van der Waals surface area contributed by atoms with Gasteiger partial charge < -0.3 is 20.9 Å². The van der Waals surface area contributed by atoms with Gasteiger partial charge in [0.2, 0.25) is 6.41 Å². The van der Waals surface area contributed by atoms with Crippen molar-refractivity contribution < 1.29 is 4.79 Å². The Morgan fingerprint density at radius 2 is 2.11 bits per heavy atom. The van der Waals surface area contributed by atoms with Crippen molar-refractivity contribution >= 4 is 18.0 Å². The first kappa shape index (κ1) is 13.5. The fraction of sp³-hybridized carbons (Fsp3) is 0.583. The molecule has 0 bridgehead atoms. The molecule has 0 saturated carbocycles. The Morgan fingerprint density at radius 1 is 1.32 bits per heavy atom. The first-order valence-corrected chi connectivity index (χ1v) is 6.54. The molecule has 2 heterocycles. The minimum Gasteiger partial charge on any atom is -0.370 e. The van der Waals surface area contributed by atoms with Gasteiger partial charge in [-0.1, -0.05) is 0 Å². The number of nitrogens with two attached hydrogens (primary N) is 1. The van der Waals surface area contributed by atoms with E-state index in [1.165, 1.54) is 0 Å². The van der Waals surface area contributed by atoms with E-state index in [-0.39, 0.29) is 0 Å². The molecular formula is C12H20N6O. The summed E-state index contributed by atoms with van der Waals surface area (Å²) in [6, 6.07) is 1.94. The molecule has 1 aliphatic rings. The third kappa shape index (κ3) is 3.78. The number of amides is 1. The second-order valence-corrected chi connectivity index (χ2v) is 4.46. The van der Waals surface area contributed by atoms with Crippen LogP contribution in [0.3, 0.4) is 0 Å². The zero-order valence-electron chi connectivity index (χ0n) is 11.0. The Labute approximate surface area is 112 Å². The molecule has 3 N–H and O–H groups in total. The van der Waals surface area contributed by atoms with Gasteiger partial charge in [-0.05, 0) is 13.0 Å². The Bertz CT molecular complexity index is 405. The summed E-state index contributed by atoms with van der Waals surface area (Å²) in [7, 11) is 0. The largest absolute Gasteiger partial charge is 0.370 e. The van der Waals surface area contributed by atoms with Gasteiger partial charge in [-0.25, -0.2) is 9.97 Å². The van der Waals surface area contributed by atoms with Gasteiger partial charge in [0.05, 0.1) is 0 Å². The number of rotatable bonds is 6. The summed E-state index contributed by atoms with van der Waals surface area (Å²) in [4.78, 5) is 23.1. The fourth-order valence-corrected chi connectivity index (χ4v) is 1.99. The monoisotopic (exact) mass is 264 g/mol. The normalized spacial score (nSPS) is 15.4. The molecule has 2 rings (SSSR count). The van der Waals surface area contributed by atoms with Crippen molar-refractivity contribution in [2.24, 2.45) is 5.73 Å². The second kappa shape index (κ2) is 6.89. The molecule has 0 atom stereocenters. The maximum atomic E-state index is 10.7. The number of nitrogens with zero attached hydrogens (tertiary/aromatic N) is 4. The minimum absolute atomic E-state index is 0.665. The molecule has 0 radical (unpaired) electrons. The van der Waals surface area contributed by atoms with Crippen LogP contribution in [0.1, 0.15) is 6.42 Å². The van der Waals surface area contributed by atoms with E-state index in [9.17, 15) is 4.79 Å². The van der Waals surface area contributed by atoms with Gasteiger partial charge in [-0.15, -0.1) is 0 Å². The Hall–Kier alpha value is -1.89. The van der Waals surface area contributed by atoms with Crippen LogP contribution in [0.25, 0.3) is 0 Å². The summed E-state index contributed by atoms with van der Waals surface area (Å²) >= 11 is 0. The molecule has 0 aliphatic carbocycles. The molecule has 0 unspecified atom stereocenters. The predicted molar refractivity (Wildman–Crippen MR) is 74.0 cm³/mol. The molecule has 1 aromatic heterocycles. The lowest BCUT2D eigenvalue weighted by molar-refractivity contribution is -0.118. The number of piperazine rings is 1. The molecule has 1 aromatic rings. The molecule has 1 amide bonds. The van der Waals surface area contributed by atoms with Gasteiger partial charge in [-0.3, -0.25) is 4.79 Å². The smallest absolute Gasteiger partial charge is 0.209 e. The SMILES string of the molecule is NCCCNc1cc(N2CCN(C=O)CC2)ncn1. The summed E-state index contributed by atoms with van der Waals surface area (Å²) < 4.78 is 0. The summed E-state index contributed by atoms with van der Waals surface area (Å²) in [6.45, 7) is 4.56. The number of aromatic nitrogens is 2. The average Bonchev–Trinajstić information content (AvgIpc) is 2.48. The number of anilines is 2. The van der Waals surface area contributed by atoms with E-state index in [0.717, 1.165) is 57.2 Å². The van der Waals surface area contributed by atoms with E-state index in [1.807, 2.05) is 6.07 Å². The van der Waals surface area contributed by atoms with E-state index in [1.54, 1.807) is 11.2 Å². The molecule has 1 aliphatic heterocycles. The summed E-state index contributed by atoms with van der Waals surface area (Å²) in [5.74, 6) is 1.71. The number of hydrogen-bond donors (Lipinski definition) is 2. The lowest BCUT2D eigenvalue weighted by Gasteiger charge is -2.33. The third-order valence-electron chi connectivity index (χ3n) is 3.13. The molecule has 7 heteroatoms. The van der Waals surface area contributed by atoms with Crippen LogP contribution in [0.5, 0.6) is 0 Å². The summed E-state index contributed by atoms with van der Waals surface area (Å²) in [5, 5.41) is 3.22. The Kier molecular flexibility index (Phi) is 4.91. The van der Waals surface area contributed by atoms with Crippen LogP contribution in [0.15, 0.2) is 12.4 Å². The van der Waals surface area contributed by atoms with Gasteiger partial charge >= 0.3 is 0 Å². The van der Waals surface area contributed by atoms with Gasteiger partial charge in [0.25, 0.3) is 0 Å². The van der Waals surface area contributed by atoms with E-state index in [4.69, 9.17) is 5.73 Å². The molecule has 7 nitrogen and oxygen atoms in total. The van der Waals surface area contributed by atoms with Crippen molar-refractivity contribution in [3.05, 3.63) is 12.4 Å². The Balaban J connectivity index is 1.93. The number of hydrogen-bond acceptors (Lipinski definition) is 6. The maximum Gasteiger partial charge on any atom is 0.209 e. The van der Waals surface area contributed by atoms with Crippen molar-refractivity contribution in [3.63, 3.8) is 0 Å². The molecular weight excluding hydrogens is 244 g/mol. The standard InChI is InChI=1S/C12H20N6O/c13-2-1-3-14-11-8-12(16-9-15-11)18-6-4-17(10-19)5-7-18/h8-10H,1-7,13H2,(H,14,15,16). The van der Waals surface area contributed by atoms with Crippen molar-refractivity contribution in [2.45, 2.75) is 6.42 Å². The first-order chi connectivity index (χ1) is 9.33. The van der Waals surface area contributed by atoms with Crippen molar-refractivity contribution in [2.75, 3.05) is 49.5 Å². The first-order valence-electron chi connectivity index (χ1n) is 6.54. The average molecular weight is 264 g/mol. The van der Waals surface area contributed by atoms with Gasteiger partial charge in [0.15, 0.2) is 0 Å². The predicted octanol–water partition coefficient (Wildman–Crippen LogP) is -0.484. The molecule has 1 fully saturated rings. The number of nitrogens with one attached hydrogen (secondary N) is 1. The van der Waals surface area contributed by atoms with Crippen LogP contribution in [0.4, 0.5) is 11.6 Å². The van der Waals surface area contributed by atoms with Crippen LogP contribution < -0.4 is 16.0 Å². The van der Waals surface area contributed by atoms with E-state index in [0.29, 0.717) is 6.54 Å². The lowest BCUT2D eigenvalue weighted by Crippen LogP contribution is -2.46. The molecule has 1 saturated heterocycles. The van der Waals surface area contributed by atoms with Crippen molar-refractivity contribution in [1.29, 1.82) is 0 Å². The molecule has 0 aromatic carbocycles. The van der Waals surface area contributed by atoms with Crippen LogP contribution in [-0.2, 0) is 4.79 Å². The highest BCUT2D eigenvalue weighted by Gasteiger charge is 2.16. The van der Waals surface area contributed by atoms with Crippen LogP contribution in [-0.4, -0.2) is 60.5 Å². The fourth-order valence-electron chi connectivity index (χ4n) is 1.99. The zero-order valence-corrected chi connectivity index (χ0v) is 11.0. The maximum absolute atomic E-state index is 10.7. The quantitative estimate of drug-likeness (QED) is 0.533. The van der Waals surface area contributed by atoms with Crippen molar-refractivity contribution in [3.8, 4) is 0 Å². The van der Waals surface area contributed by atoms with E-state index >= 15 is 0 Å². The number of carbonyl (C=O) groups is 1. The molecule has 0 spiro atoms. The highest BCUT2D eigenvalue weighted by atomic mass is 16.1. The van der Waals surface area contributed by atoms with Crippen LogP contribution in [0.2, 0.25) is 0 Å². The zero-order chi connectivity index (χ0) is 13.5. The molecule has 104 valence electrons. The lowest BCUT2D eigenvalue weighted by atomic mass is 10.3. The van der Waals surface area contributed by atoms with Crippen LogP contribution >= 0.6 is 0 Å². The summed E-state index contributed by atoms with van der Waals surface area (Å²) in [6.07, 6.45) is 3.38. The number of carbonyl (C=O) groups excluding carboxylic acids is 1. The van der Waals surface area contributed by atoms with Crippen molar-refractivity contribution in [1.82, 2.24) is 14.9 Å². The van der Waals surface area contributed by atoms with E-state index < -0.39 is 0 Å². The topological polar surface area (TPSA) is 87.4 Å². The second-order valence-electron chi connectivity index (χ2n) is 4.46.